The maximum Gasteiger partial charge on any atom is 0.0441 e. The Bertz CT molecular complexity index is 43.7. The molecule has 0 rings (SSSR count). The Morgan fingerprint density at radius 2 is 2.25 bits per heavy atom. The molecule has 0 aromatic rings. The SMILES string of the molecule is CSSC(C)CCO. The van der Waals surface area contributed by atoms with Crippen LogP contribution in [0.5, 0.6) is 0 Å². The van der Waals surface area contributed by atoms with Crippen LogP contribution < -0.4 is 0 Å². The molecule has 0 aliphatic heterocycles. The Morgan fingerprint density at radius 3 is 2.62 bits per heavy atom. The molecule has 0 aromatic heterocycles. The third kappa shape index (κ3) is 4.81. The fourth-order valence-corrected chi connectivity index (χ4v) is 2.20. The highest BCUT2D eigenvalue weighted by Gasteiger charge is 1.97. The Labute approximate surface area is 58.6 Å². The zero-order chi connectivity index (χ0) is 6.41. The van der Waals surface area contributed by atoms with Crippen molar-refractivity contribution in [3.63, 3.8) is 0 Å². The van der Waals surface area contributed by atoms with E-state index in [9.17, 15) is 0 Å². The highest BCUT2D eigenvalue weighted by Crippen LogP contribution is 2.24. The summed E-state index contributed by atoms with van der Waals surface area (Å²) < 4.78 is 0. The zero-order valence-corrected chi connectivity index (χ0v) is 6.89. The largest absolute Gasteiger partial charge is 0.396 e. The molecule has 0 aromatic carbocycles. The van der Waals surface area contributed by atoms with Gasteiger partial charge >= 0.3 is 0 Å². The van der Waals surface area contributed by atoms with Crippen molar-refractivity contribution >= 4 is 21.6 Å². The third-order valence-corrected chi connectivity index (χ3v) is 3.12. The van der Waals surface area contributed by atoms with Gasteiger partial charge in [0.05, 0.1) is 0 Å². The fourth-order valence-electron chi connectivity index (χ4n) is 0.394. The second kappa shape index (κ2) is 5.79. The summed E-state index contributed by atoms with van der Waals surface area (Å²) in [6.45, 7) is 2.44. The van der Waals surface area contributed by atoms with Gasteiger partial charge in [-0.05, 0) is 12.7 Å². The molecule has 0 bridgehead atoms. The van der Waals surface area contributed by atoms with E-state index in [1.165, 1.54) is 0 Å². The lowest BCUT2D eigenvalue weighted by Crippen LogP contribution is -1.96. The van der Waals surface area contributed by atoms with Gasteiger partial charge in [0.25, 0.3) is 0 Å². The maximum atomic E-state index is 8.44. The van der Waals surface area contributed by atoms with E-state index in [0.29, 0.717) is 11.9 Å². The number of aliphatic hydroxyl groups is 1. The van der Waals surface area contributed by atoms with Gasteiger partial charge in [-0.2, -0.15) is 0 Å². The summed E-state index contributed by atoms with van der Waals surface area (Å²) in [4.78, 5) is 0. The van der Waals surface area contributed by atoms with Gasteiger partial charge in [-0.15, -0.1) is 0 Å². The van der Waals surface area contributed by atoms with Crippen LogP contribution in [0.15, 0.2) is 0 Å². The standard InChI is InChI=1S/C5H12OS2/c1-5(3-4-6)8-7-2/h5-6H,3-4H2,1-2H3. The third-order valence-electron chi connectivity index (χ3n) is 0.796. The van der Waals surface area contributed by atoms with E-state index < -0.39 is 0 Å². The molecule has 8 heavy (non-hydrogen) atoms. The highest BCUT2D eigenvalue weighted by molar-refractivity contribution is 8.76. The lowest BCUT2D eigenvalue weighted by Gasteiger charge is -2.03. The van der Waals surface area contributed by atoms with E-state index >= 15 is 0 Å². The quantitative estimate of drug-likeness (QED) is 0.620. The van der Waals surface area contributed by atoms with Crippen molar-refractivity contribution in [1.29, 1.82) is 0 Å². The average Bonchev–Trinajstić information content (AvgIpc) is 1.68. The maximum absolute atomic E-state index is 8.44. The van der Waals surface area contributed by atoms with Gasteiger partial charge in [0, 0.05) is 11.9 Å². The van der Waals surface area contributed by atoms with Crippen molar-refractivity contribution in [2.24, 2.45) is 0 Å². The molecule has 1 nitrogen and oxygen atoms in total. The summed E-state index contributed by atoms with van der Waals surface area (Å²) in [5, 5.41) is 9.03. The number of rotatable bonds is 4. The van der Waals surface area contributed by atoms with Crippen LogP contribution in [-0.4, -0.2) is 23.2 Å². The first-order valence-corrected chi connectivity index (χ1v) is 5.23. The molecule has 1 N–H and O–H groups in total. The average molecular weight is 152 g/mol. The Balaban J connectivity index is 2.92. The van der Waals surface area contributed by atoms with Gasteiger partial charge in [-0.25, -0.2) is 0 Å². The predicted octanol–water partition coefficient (Wildman–Crippen LogP) is 1.77. The van der Waals surface area contributed by atoms with Crippen molar-refractivity contribution in [2.45, 2.75) is 18.6 Å². The second-order valence-corrected chi connectivity index (χ2v) is 4.49. The summed E-state index contributed by atoms with van der Waals surface area (Å²) >= 11 is 0. The van der Waals surface area contributed by atoms with Crippen molar-refractivity contribution in [3.05, 3.63) is 0 Å². The fraction of sp³-hybridized carbons (Fsp3) is 1.00. The molecular formula is C5H12OS2. The first-order valence-electron chi connectivity index (χ1n) is 2.61. The molecule has 0 heterocycles. The molecule has 0 fully saturated rings. The van der Waals surface area contributed by atoms with Crippen LogP contribution in [0.25, 0.3) is 0 Å². The van der Waals surface area contributed by atoms with E-state index in [2.05, 4.69) is 13.2 Å². The summed E-state index contributed by atoms with van der Waals surface area (Å²) in [7, 11) is 3.57. The molecule has 0 saturated heterocycles. The molecule has 0 aliphatic rings. The van der Waals surface area contributed by atoms with Crippen molar-refractivity contribution in [1.82, 2.24) is 0 Å². The lowest BCUT2D eigenvalue weighted by atomic mass is 10.4. The molecular weight excluding hydrogens is 140 g/mol. The van der Waals surface area contributed by atoms with Crippen LogP contribution in [-0.2, 0) is 0 Å². The summed E-state index contributed by atoms with van der Waals surface area (Å²) in [5.41, 5.74) is 0. The molecule has 3 heteroatoms. The smallest absolute Gasteiger partial charge is 0.0441 e. The van der Waals surface area contributed by atoms with E-state index in [1.54, 1.807) is 10.8 Å². The van der Waals surface area contributed by atoms with Crippen LogP contribution >= 0.6 is 21.6 Å². The minimum Gasteiger partial charge on any atom is -0.396 e. The van der Waals surface area contributed by atoms with Crippen molar-refractivity contribution < 1.29 is 5.11 Å². The minimum absolute atomic E-state index is 0.314. The molecule has 1 atom stereocenters. The first-order chi connectivity index (χ1) is 3.81. The number of hydrogen-bond donors (Lipinski definition) is 1. The van der Waals surface area contributed by atoms with Crippen LogP contribution in [0.4, 0.5) is 0 Å². The summed E-state index contributed by atoms with van der Waals surface area (Å²) in [6.07, 6.45) is 2.96. The van der Waals surface area contributed by atoms with Gasteiger partial charge in [-0.3, -0.25) is 0 Å². The first kappa shape index (κ1) is 8.66. The molecule has 0 spiro atoms. The highest BCUT2D eigenvalue weighted by atomic mass is 33.1. The topological polar surface area (TPSA) is 20.2 Å². The Hall–Kier alpha value is 0.660. The van der Waals surface area contributed by atoms with Gasteiger partial charge in [0.2, 0.25) is 0 Å². The van der Waals surface area contributed by atoms with Crippen LogP contribution in [0.3, 0.4) is 0 Å². The lowest BCUT2D eigenvalue weighted by molar-refractivity contribution is 0.289. The van der Waals surface area contributed by atoms with Crippen LogP contribution in [0.1, 0.15) is 13.3 Å². The zero-order valence-electron chi connectivity index (χ0n) is 5.26. The summed E-state index contributed by atoms with van der Waals surface area (Å²) in [6, 6.07) is 0. The molecule has 0 saturated carbocycles. The Kier molecular flexibility index (Phi) is 6.27. The van der Waals surface area contributed by atoms with E-state index in [0.717, 1.165) is 6.42 Å². The van der Waals surface area contributed by atoms with E-state index in [4.69, 9.17) is 5.11 Å². The van der Waals surface area contributed by atoms with Crippen molar-refractivity contribution in [3.8, 4) is 0 Å². The van der Waals surface area contributed by atoms with E-state index in [1.807, 2.05) is 10.8 Å². The monoisotopic (exact) mass is 152 g/mol. The molecule has 0 aliphatic carbocycles. The predicted molar refractivity (Wildman–Crippen MR) is 42.3 cm³/mol. The van der Waals surface area contributed by atoms with Crippen LogP contribution in [0.2, 0.25) is 0 Å². The normalized spacial score (nSPS) is 13.9. The van der Waals surface area contributed by atoms with E-state index in [-0.39, 0.29) is 0 Å². The molecule has 1 unspecified atom stereocenters. The minimum atomic E-state index is 0.314. The summed E-state index contributed by atoms with van der Waals surface area (Å²) in [5.74, 6) is 0. The van der Waals surface area contributed by atoms with Gasteiger partial charge < -0.3 is 5.11 Å². The van der Waals surface area contributed by atoms with Gasteiger partial charge in [-0.1, -0.05) is 28.5 Å². The van der Waals surface area contributed by atoms with Crippen LogP contribution in [0, 0.1) is 0 Å². The van der Waals surface area contributed by atoms with Crippen molar-refractivity contribution in [2.75, 3.05) is 12.9 Å². The Morgan fingerprint density at radius 1 is 1.62 bits per heavy atom. The molecule has 0 radical (unpaired) electrons. The molecule has 50 valence electrons. The molecule has 0 amide bonds. The second-order valence-electron chi connectivity index (χ2n) is 1.59. The number of hydrogen-bond acceptors (Lipinski definition) is 3. The van der Waals surface area contributed by atoms with Gasteiger partial charge in [0.1, 0.15) is 0 Å². The van der Waals surface area contributed by atoms with Gasteiger partial charge in [0.15, 0.2) is 0 Å². The number of aliphatic hydroxyl groups excluding tert-OH is 1.